The van der Waals surface area contributed by atoms with Crippen molar-refractivity contribution in [2.75, 3.05) is 13.1 Å². The first-order chi connectivity index (χ1) is 8.22. The maximum absolute atomic E-state index is 11.5. The molecule has 1 fully saturated rings. The van der Waals surface area contributed by atoms with Gasteiger partial charge in [0.25, 0.3) is 0 Å². The van der Waals surface area contributed by atoms with E-state index in [-0.39, 0.29) is 0 Å². The number of hydrogen-bond donors (Lipinski definition) is 1. The molecule has 1 unspecified atom stereocenters. The third-order valence-corrected chi connectivity index (χ3v) is 3.31. The van der Waals surface area contributed by atoms with Crippen LogP contribution in [0.25, 0.3) is 0 Å². The van der Waals surface area contributed by atoms with Crippen molar-refractivity contribution in [1.82, 2.24) is 4.90 Å². The first-order valence-electron chi connectivity index (χ1n) is 6.24. The number of benzene rings is 1. The van der Waals surface area contributed by atoms with Gasteiger partial charge in [0, 0.05) is 6.54 Å². The van der Waals surface area contributed by atoms with Crippen LogP contribution >= 0.6 is 0 Å². The molecular formula is C14H19NO2. The highest BCUT2D eigenvalue weighted by atomic mass is 16.4. The second kappa shape index (κ2) is 5.32. The highest BCUT2D eigenvalue weighted by Gasteiger charge is 2.31. The van der Waals surface area contributed by atoms with Crippen LogP contribution in [0.1, 0.15) is 31.4 Å². The lowest BCUT2D eigenvalue weighted by Gasteiger charge is -2.27. The zero-order valence-electron chi connectivity index (χ0n) is 10.2. The van der Waals surface area contributed by atoms with Crippen molar-refractivity contribution in [3.8, 4) is 0 Å². The summed E-state index contributed by atoms with van der Waals surface area (Å²) in [5.41, 5.74) is 0.877. The molecule has 1 saturated carbocycles. The lowest BCUT2D eigenvalue weighted by molar-refractivity contribution is -0.143. The first kappa shape index (κ1) is 12.1. The Balaban J connectivity index is 2.17. The van der Waals surface area contributed by atoms with Gasteiger partial charge in [-0.1, -0.05) is 37.3 Å². The molecule has 1 aromatic carbocycles. The van der Waals surface area contributed by atoms with Gasteiger partial charge >= 0.3 is 5.97 Å². The average molecular weight is 233 g/mol. The summed E-state index contributed by atoms with van der Waals surface area (Å²) in [5.74, 6) is -0.0424. The van der Waals surface area contributed by atoms with Gasteiger partial charge in [-0.3, -0.25) is 9.69 Å². The van der Waals surface area contributed by atoms with Crippen LogP contribution in [-0.2, 0) is 4.79 Å². The molecule has 0 bridgehead atoms. The fraction of sp³-hybridized carbons (Fsp3) is 0.500. The molecule has 2 rings (SSSR count). The Kier molecular flexibility index (Phi) is 3.79. The number of nitrogens with zero attached hydrogens (tertiary/aromatic N) is 1. The van der Waals surface area contributed by atoms with E-state index in [1.165, 1.54) is 12.8 Å². The molecule has 1 atom stereocenters. The van der Waals surface area contributed by atoms with Gasteiger partial charge in [0.1, 0.15) is 6.04 Å². The summed E-state index contributed by atoms with van der Waals surface area (Å²) in [6.07, 6.45) is 2.50. The maximum Gasteiger partial charge on any atom is 0.325 e. The van der Waals surface area contributed by atoms with Gasteiger partial charge in [0.15, 0.2) is 0 Å². The van der Waals surface area contributed by atoms with Crippen molar-refractivity contribution in [2.45, 2.75) is 25.8 Å². The molecule has 3 nitrogen and oxygen atoms in total. The summed E-state index contributed by atoms with van der Waals surface area (Å²) < 4.78 is 0. The van der Waals surface area contributed by atoms with Crippen molar-refractivity contribution >= 4 is 5.97 Å². The monoisotopic (exact) mass is 233 g/mol. The maximum atomic E-state index is 11.5. The van der Waals surface area contributed by atoms with E-state index in [0.29, 0.717) is 5.92 Å². The second-order valence-corrected chi connectivity index (χ2v) is 4.68. The van der Waals surface area contributed by atoms with Crippen molar-refractivity contribution in [1.29, 1.82) is 0 Å². The Morgan fingerprint density at radius 2 is 2.06 bits per heavy atom. The third-order valence-electron chi connectivity index (χ3n) is 3.31. The Labute approximate surface area is 102 Å². The van der Waals surface area contributed by atoms with Crippen molar-refractivity contribution in [3.05, 3.63) is 35.9 Å². The number of rotatable bonds is 6. The molecular weight excluding hydrogens is 214 g/mol. The van der Waals surface area contributed by atoms with Crippen LogP contribution in [-0.4, -0.2) is 29.1 Å². The minimum Gasteiger partial charge on any atom is -0.480 e. The minimum atomic E-state index is -0.751. The van der Waals surface area contributed by atoms with Crippen molar-refractivity contribution in [2.24, 2.45) is 5.92 Å². The summed E-state index contributed by atoms with van der Waals surface area (Å²) >= 11 is 0. The van der Waals surface area contributed by atoms with E-state index in [4.69, 9.17) is 0 Å². The van der Waals surface area contributed by atoms with Crippen LogP contribution in [0.2, 0.25) is 0 Å². The quantitative estimate of drug-likeness (QED) is 0.821. The first-order valence-corrected chi connectivity index (χ1v) is 6.24. The smallest absolute Gasteiger partial charge is 0.325 e. The molecule has 17 heavy (non-hydrogen) atoms. The fourth-order valence-corrected chi connectivity index (χ4v) is 2.19. The molecule has 0 radical (unpaired) electrons. The number of carbonyl (C=O) groups is 1. The summed E-state index contributed by atoms with van der Waals surface area (Å²) in [6.45, 7) is 3.71. The predicted octanol–water partition coefficient (Wildman–Crippen LogP) is 2.54. The van der Waals surface area contributed by atoms with Crippen LogP contribution in [0, 0.1) is 5.92 Å². The van der Waals surface area contributed by atoms with Gasteiger partial charge in [-0.05, 0) is 30.9 Å². The highest BCUT2D eigenvalue weighted by molar-refractivity contribution is 5.75. The normalized spacial score (nSPS) is 17.1. The number of carboxylic acids is 1. The second-order valence-electron chi connectivity index (χ2n) is 4.68. The fourth-order valence-electron chi connectivity index (χ4n) is 2.19. The Hall–Kier alpha value is -1.35. The van der Waals surface area contributed by atoms with E-state index in [1.807, 2.05) is 37.3 Å². The molecule has 92 valence electrons. The third kappa shape index (κ3) is 3.07. The molecule has 0 aromatic heterocycles. The largest absolute Gasteiger partial charge is 0.480 e. The van der Waals surface area contributed by atoms with E-state index >= 15 is 0 Å². The minimum absolute atomic E-state index is 0.498. The van der Waals surface area contributed by atoms with E-state index in [9.17, 15) is 9.90 Å². The van der Waals surface area contributed by atoms with Crippen molar-refractivity contribution < 1.29 is 9.90 Å². The highest BCUT2D eigenvalue weighted by Crippen LogP contribution is 2.32. The Bertz CT molecular complexity index is 373. The average Bonchev–Trinajstić information content (AvgIpc) is 3.13. The SMILES string of the molecule is CCN(CC1CC1)C(C(=O)O)c1ccccc1. The number of carboxylic acid groups (broad SMARTS) is 1. The summed E-state index contributed by atoms with van der Waals surface area (Å²) in [5, 5.41) is 9.42. The number of aliphatic carboxylic acids is 1. The van der Waals surface area contributed by atoms with Gasteiger partial charge in [0.05, 0.1) is 0 Å². The Morgan fingerprint density at radius 3 is 2.53 bits per heavy atom. The molecule has 0 spiro atoms. The zero-order valence-corrected chi connectivity index (χ0v) is 10.2. The molecule has 0 saturated heterocycles. The molecule has 0 heterocycles. The van der Waals surface area contributed by atoms with Crippen LogP contribution in [0.5, 0.6) is 0 Å². The lowest BCUT2D eigenvalue weighted by Crippen LogP contribution is -2.35. The van der Waals surface area contributed by atoms with E-state index in [1.54, 1.807) is 0 Å². The molecule has 0 aliphatic heterocycles. The van der Waals surface area contributed by atoms with Crippen LogP contribution in [0.3, 0.4) is 0 Å². The number of likely N-dealkylation sites (N-methyl/N-ethyl adjacent to an activating group) is 1. The summed E-state index contributed by atoms with van der Waals surface area (Å²) in [4.78, 5) is 13.5. The van der Waals surface area contributed by atoms with Crippen molar-refractivity contribution in [3.63, 3.8) is 0 Å². The van der Waals surface area contributed by atoms with Gasteiger partial charge in [0.2, 0.25) is 0 Å². The zero-order chi connectivity index (χ0) is 12.3. The molecule has 1 aromatic rings. The predicted molar refractivity (Wildman–Crippen MR) is 66.8 cm³/mol. The Morgan fingerprint density at radius 1 is 1.41 bits per heavy atom. The molecule has 3 heteroatoms. The van der Waals surface area contributed by atoms with Gasteiger partial charge in [-0.2, -0.15) is 0 Å². The van der Waals surface area contributed by atoms with Gasteiger partial charge in [-0.15, -0.1) is 0 Å². The standard InChI is InChI=1S/C14H19NO2/c1-2-15(10-11-8-9-11)13(14(16)17)12-6-4-3-5-7-12/h3-7,11,13H,2,8-10H2,1H3,(H,16,17). The lowest BCUT2D eigenvalue weighted by atomic mass is 10.1. The van der Waals surface area contributed by atoms with Gasteiger partial charge < -0.3 is 5.11 Å². The van der Waals surface area contributed by atoms with Crippen LogP contribution in [0.15, 0.2) is 30.3 Å². The molecule has 0 amide bonds. The van der Waals surface area contributed by atoms with E-state index in [2.05, 4.69) is 4.90 Å². The molecule has 1 aliphatic carbocycles. The summed E-state index contributed by atoms with van der Waals surface area (Å²) in [7, 11) is 0. The number of hydrogen-bond acceptors (Lipinski definition) is 2. The van der Waals surface area contributed by atoms with Crippen LogP contribution < -0.4 is 0 Å². The van der Waals surface area contributed by atoms with E-state index in [0.717, 1.165) is 18.7 Å². The van der Waals surface area contributed by atoms with Gasteiger partial charge in [-0.25, -0.2) is 0 Å². The molecule has 1 N–H and O–H groups in total. The van der Waals surface area contributed by atoms with Crippen LogP contribution in [0.4, 0.5) is 0 Å². The summed E-state index contributed by atoms with van der Waals surface area (Å²) in [6, 6.07) is 9.01. The molecule has 1 aliphatic rings. The van der Waals surface area contributed by atoms with E-state index < -0.39 is 12.0 Å². The topological polar surface area (TPSA) is 40.5 Å².